The van der Waals surface area contributed by atoms with E-state index >= 15 is 0 Å². The van der Waals surface area contributed by atoms with Crippen molar-refractivity contribution in [2.24, 2.45) is 0 Å². The molecule has 1 amide bonds. The van der Waals surface area contributed by atoms with Crippen LogP contribution in [0, 0.1) is 0 Å². The van der Waals surface area contributed by atoms with Crippen LogP contribution in [0.25, 0.3) is 0 Å². The normalized spacial score (nSPS) is 14.0. The van der Waals surface area contributed by atoms with Crippen LogP contribution >= 0.6 is 0 Å². The molecule has 2 aromatic rings. The molecule has 1 aliphatic rings. The van der Waals surface area contributed by atoms with E-state index in [1.54, 1.807) is 6.20 Å². The number of aromatic amines is 1. The smallest absolute Gasteiger partial charge is 0.218 e. The van der Waals surface area contributed by atoms with Crippen molar-refractivity contribution in [1.82, 2.24) is 4.98 Å². The van der Waals surface area contributed by atoms with E-state index in [0.29, 0.717) is 30.0 Å². The number of nitrogens with one attached hydrogen (secondary N) is 1. The number of Topliss-reactive ketones (excluding diaryl/α,β-unsaturated/α-hetero) is 1. The summed E-state index contributed by atoms with van der Waals surface area (Å²) >= 11 is 0. The fourth-order valence-electron chi connectivity index (χ4n) is 2.99. The summed E-state index contributed by atoms with van der Waals surface area (Å²) in [7, 11) is 0. The van der Waals surface area contributed by atoms with Crippen LogP contribution in [0.5, 0.6) is 5.75 Å². The molecule has 1 N–H and O–H groups in total. The molecule has 0 saturated carbocycles. The molecular weight excluding hydrogens is 292 g/mol. The van der Waals surface area contributed by atoms with Crippen molar-refractivity contribution in [3.8, 4) is 5.75 Å². The number of ketones is 1. The Morgan fingerprint density at radius 1 is 1.22 bits per heavy atom. The van der Waals surface area contributed by atoms with Gasteiger partial charge in [0.2, 0.25) is 6.41 Å². The van der Waals surface area contributed by atoms with Crippen LogP contribution < -0.4 is 9.64 Å². The predicted molar refractivity (Wildman–Crippen MR) is 88.5 cm³/mol. The number of carbonyl (C=O) groups is 2. The number of ether oxygens (including phenoxy) is 1. The van der Waals surface area contributed by atoms with Gasteiger partial charge in [0.15, 0.2) is 5.78 Å². The fourth-order valence-corrected chi connectivity index (χ4v) is 2.99. The van der Waals surface area contributed by atoms with E-state index in [9.17, 15) is 9.59 Å². The summed E-state index contributed by atoms with van der Waals surface area (Å²) in [6, 6.07) is 7.28. The van der Waals surface area contributed by atoms with E-state index in [1.807, 2.05) is 31.2 Å². The zero-order valence-electron chi connectivity index (χ0n) is 13.2. The number of hydrogen-bond acceptors (Lipinski definition) is 3. The first-order valence-electron chi connectivity index (χ1n) is 7.95. The minimum Gasteiger partial charge on any atom is -0.494 e. The number of nitrogens with zero attached hydrogens (tertiary/aromatic N) is 1. The number of benzene rings is 1. The first-order valence-corrected chi connectivity index (χ1v) is 7.95. The first kappa shape index (κ1) is 15.3. The molecule has 5 heteroatoms. The molecular formula is C18H20N2O3. The fraction of sp³-hybridized carbons (Fsp3) is 0.333. The van der Waals surface area contributed by atoms with Gasteiger partial charge in [0.1, 0.15) is 5.75 Å². The van der Waals surface area contributed by atoms with Crippen LogP contribution in [0.2, 0.25) is 0 Å². The number of hydrogen-bond donors (Lipinski definition) is 1. The summed E-state index contributed by atoms with van der Waals surface area (Å²) in [5, 5.41) is 0. The van der Waals surface area contributed by atoms with Crippen molar-refractivity contribution in [3.05, 3.63) is 41.7 Å². The van der Waals surface area contributed by atoms with Gasteiger partial charge in [-0.3, -0.25) is 14.5 Å². The van der Waals surface area contributed by atoms with Gasteiger partial charge in [-0.1, -0.05) is 0 Å². The maximum atomic E-state index is 12.4. The van der Waals surface area contributed by atoms with Gasteiger partial charge in [-0.15, -0.1) is 0 Å². The molecule has 0 bridgehead atoms. The van der Waals surface area contributed by atoms with Crippen LogP contribution in [-0.4, -0.2) is 23.8 Å². The molecule has 0 fully saturated rings. The lowest BCUT2D eigenvalue weighted by atomic mass is 10.1. The maximum absolute atomic E-state index is 12.4. The molecule has 1 aromatic heterocycles. The molecule has 5 nitrogen and oxygen atoms in total. The summed E-state index contributed by atoms with van der Waals surface area (Å²) in [4.78, 5) is 28.7. The van der Waals surface area contributed by atoms with Crippen molar-refractivity contribution in [1.29, 1.82) is 0 Å². The van der Waals surface area contributed by atoms with Gasteiger partial charge in [-0.05, 0) is 50.5 Å². The van der Waals surface area contributed by atoms with Crippen LogP contribution in [0.15, 0.2) is 30.5 Å². The van der Waals surface area contributed by atoms with Gasteiger partial charge < -0.3 is 9.72 Å². The predicted octanol–water partition coefficient (Wildman–Crippen LogP) is 3.62. The van der Waals surface area contributed by atoms with E-state index in [4.69, 9.17) is 4.74 Å². The number of anilines is 2. The lowest BCUT2D eigenvalue weighted by Gasteiger charge is -2.18. The molecule has 1 heterocycles. The van der Waals surface area contributed by atoms with Gasteiger partial charge in [0, 0.05) is 24.0 Å². The SMILES string of the molecule is CCOc1ccc(N(C=O)c2c[nH]c3c2C(=O)CCCC3)cc1. The Balaban J connectivity index is 1.97. The summed E-state index contributed by atoms with van der Waals surface area (Å²) in [6.07, 6.45) is 5.76. The van der Waals surface area contributed by atoms with Crippen LogP contribution in [0.1, 0.15) is 42.2 Å². The third-order valence-electron chi connectivity index (χ3n) is 4.09. The summed E-state index contributed by atoms with van der Waals surface area (Å²) in [5.41, 5.74) is 2.93. The quantitative estimate of drug-likeness (QED) is 0.677. The van der Waals surface area contributed by atoms with Crippen molar-refractivity contribution >= 4 is 23.6 Å². The minimum absolute atomic E-state index is 0.103. The van der Waals surface area contributed by atoms with Gasteiger partial charge in [-0.25, -0.2) is 0 Å². The topological polar surface area (TPSA) is 62.4 Å². The van der Waals surface area contributed by atoms with E-state index in [0.717, 1.165) is 37.1 Å². The lowest BCUT2D eigenvalue weighted by Crippen LogP contribution is -2.16. The molecule has 0 saturated heterocycles. The second kappa shape index (κ2) is 6.69. The van der Waals surface area contributed by atoms with E-state index in [-0.39, 0.29) is 5.78 Å². The highest BCUT2D eigenvalue weighted by atomic mass is 16.5. The number of fused-ring (bicyclic) bond motifs is 1. The summed E-state index contributed by atoms with van der Waals surface area (Å²) < 4.78 is 5.42. The minimum atomic E-state index is 0.103. The highest BCUT2D eigenvalue weighted by molar-refractivity contribution is 6.06. The standard InChI is InChI=1S/C18H20N2O3/c1-2-23-14-9-7-13(8-10-14)20(12-21)16-11-19-15-5-3-4-6-17(22)18(15)16/h7-12,19H,2-6H2,1H3. The Morgan fingerprint density at radius 3 is 2.65 bits per heavy atom. The summed E-state index contributed by atoms with van der Waals surface area (Å²) in [5.74, 6) is 0.859. The van der Waals surface area contributed by atoms with Crippen LogP contribution in [0.4, 0.5) is 11.4 Å². The largest absolute Gasteiger partial charge is 0.494 e. The molecule has 1 aliphatic carbocycles. The second-order valence-electron chi connectivity index (χ2n) is 5.56. The van der Waals surface area contributed by atoms with Gasteiger partial charge in [0.05, 0.1) is 17.9 Å². The Bertz CT molecular complexity index is 704. The van der Waals surface area contributed by atoms with Crippen molar-refractivity contribution in [2.45, 2.75) is 32.6 Å². The number of rotatable bonds is 5. The van der Waals surface area contributed by atoms with Crippen LogP contribution in [-0.2, 0) is 11.2 Å². The van der Waals surface area contributed by atoms with Crippen molar-refractivity contribution < 1.29 is 14.3 Å². The average Bonchev–Trinajstić information content (AvgIpc) is 2.89. The zero-order chi connectivity index (χ0) is 16.2. The highest BCUT2D eigenvalue weighted by Crippen LogP contribution is 2.33. The van der Waals surface area contributed by atoms with E-state index < -0.39 is 0 Å². The number of aryl methyl sites for hydroxylation is 1. The molecule has 0 radical (unpaired) electrons. The molecule has 120 valence electrons. The maximum Gasteiger partial charge on any atom is 0.218 e. The number of H-pyrrole nitrogens is 1. The molecule has 0 aliphatic heterocycles. The third kappa shape index (κ3) is 2.99. The molecule has 0 spiro atoms. The molecule has 1 aromatic carbocycles. The Kier molecular flexibility index (Phi) is 4.46. The third-order valence-corrected chi connectivity index (χ3v) is 4.09. The molecule has 0 unspecified atom stereocenters. The summed E-state index contributed by atoms with van der Waals surface area (Å²) in [6.45, 7) is 2.52. The molecule has 23 heavy (non-hydrogen) atoms. The van der Waals surface area contributed by atoms with E-state index in [2.05, 4.69) is 4.98 Å². The van der Waals surface area contributed by atoms with Gasteiger partial charge in [-0.2, -0.15) is 0 Å². The van der Waals surface area contributed by atoms with Gasteiger partial charge in [0.25, 0.3) is 0 Å². The van der Waals surface area contributed by atoms with E-state index in [1.165, 1.54) is 4.90 Å². The Morgan fingerprint density at radius 2 is 1.96 bits per heavy atom. The molecule has 0 atom stereocenters. The highest BCUT2D eigenvalue weighted by Gasteiger charge is 2.24. The number of aromatic nitrogens is 1. The zero-order valence-corrected chi connectivity index (χ0v) is 13.2. The molecule has 3 rings (SSSR count). The number of amides is 1. The van der Waals surface area contributed by atoms with Crippen LogP contribution in [0.3, 0.4) is 0 Å². The Hall–Kier alpha value is -2.56. The average molecular weight is 312 g/mol. The van der Waals surface area contributed by atoms with Crippen molar-refractivity contribution in [2.75, 3.05) is 11.5 Å². The first-order chi connectivity index (χ1) is 11.2. The Labute approximate surface area is 135 Å². The number of carbonyl (C=O) groups excluding carboxylic acids is 2. The second-order valence-corrected chi connectivity index (χ2v) is 5.56. The van der Waals surface area contributed by atoms with Crippen molar-refractivity contribution in [3.63, 3.8) is 0 Å². The van der Waals surface area contributed by atoms with Gasteiger partial charge >= 0.3 is 0 Å². The lowest BCUT2D eigenvalue weighted by molar-refractivity contribution is -0.106. The monoisotopic (exact) mass is 312 g/mol.